The lowest BCUT2D eigenvalue weighted by Gasteiger charge is -2.04. The molecule has 1 aliphatic heterocycles. The van der Waals surface area contributed by atoms with Crippen molar-refractivity contribution >= 4 is 23.6 Å². The Hall–Kier alpha value is -2.53. The fourth-order valence-electron chi connectivity index (χ4n) is 2.13. The van der Waals surface area contributed by atoms with Crippen LogP contribution in [0.2, 0.25) is 5.02 Å². The molecule has 4 nitrogen and oxygen atoms in total. The molecule has 0 bridgehead atoms. The molecule has 0 aromatic heterocycles. The van der Waals surface area contributed by atoms with Crippen LogP contribution in [0.4, 0.5) is 4.39 Å². The number of benzene rings is 2. The highest BCUT2D eigenvalue weighted by Gasteiger charge is 2.13. The summed E-state index contributed by atoms with van der Waals surface area (Å²) in [6.07, 6.45) is 2.60. The zero-order valence-electron chi connectivity index (χ0n) is 12.0. The summed E-state index contributed by atoms with van der Waals surface area (Å²) in [4.78, 5) is 11.8. The summed E-state index contributed by atoms with van der Waals surface area (Å²) in [7, 11) is 0. The molecule has 2 aromatic rings. The van der Waals surface area contributed by atoms with E-state index in [1.165, 1.54) is 24.3 Å². The average molecular weight is 334 g/mol. The fourth-order valence-corrected chi connectivity index (χ4v) is 2.35. The van der Waals surface area contributed by atoms with Crippen LogP contribution in [0.15, 0.2) is 42.5 Å². The van der Waals surface area contributed by atoms with Gasteiger partial charge >= 0.3 is 0 Å². The molecule has 1 amide bonds. The molecule has 0 fully saturated rings. The molecule has 0 aliphatic carbocycles. The summed E-state index contributed by atoms with van der Waals surface area (Å²) < 4.78 is 24.1. The first-order valence-corrected chi connectivity index (χ1v) is 7.30. The lowest BCUT2D eigenvalue weighted by molar-refractivity contribution is -0.116. The Kier molecular flexibility index (Phi) is 4.48. The SMILES string of the molecule is O=C(C=Cc1c(F)cccc1Cl)NCc1ccc2c(c1)OCO2. The minimum Gasteiger partial charge on any atom is -0.454 e. The second-order valence-electron chi connectivity index (χ2n) is 4.87. The highest BCUT2D eigenvalue weighted by Crippen LogP contribution is 2.32. The zero-order valence-corrected chi connectivity index (χ0v) is 12.8. The molecule has 1 N–H and O–H groups in total. The van der Waals surface area contributed by atoms with Crippen LogP contribution in [-0.4, -0.2) is 12.7 Å². The molecule has 0 spiro atoms. The van der Waals surface area contributed by atoms with E-state index in [1.54, 1.807) is 18.2 Å². The molecule has 3 rings (SSSR count). The minimum atomic E-state index is -0.475. The second-order valence-corrected chi connectivity index (χ2v) is 5.28. The van der Waals surface area contributed by atoms with Crippen LogP contribution in [0.25, 0.3) is 6.08 Å². The minimum absolute atomic E-state index is 0.187. The topological polar surface area (TPSA) is 47.6 Å². The van der Waals surface area contributed by atoms with Gasteiger partial charge in [0.1, 0.15) is 5.82 Å². The van der Waals surface area contributed by atoms with Crippen molar-refractivity contribution in [2.75, 3.05) is 6.79 Å². The van der Waals surface area contributed by atoms with Gasteiger partial charge in [-0.15, -0.1) is 0 Å². The fraction of sp³-hybridized carbons (Fsp3) is 0.118. The van der Waals surface area contributed by atoms with Crippen molar-refractivity contribution in [3.63, 3.8) is 0 Å². The van der Waals surface area contributed by atoms with Crippen molar-refractivity contribution in [3.05, 3.63) is 64.4 Å². The van der Waals surface area contributed by atoms with Crippen molar-refractivity contribution < 1.29 is 18.7 Å². The van der Waals surface area contributed by atoms with Gasteiger partial charge in [0.25, 0.3) is 0 Å². The molecular formula is C17H13ClFNO3. The van der Waals surface area contributed by atoms with Crippen molar-refractivity contribution in [1.82, 2.24) is 5.32 Å². The number of ether oxygens (including phenoxy) is 2. The molecule has 0 unspecified atom stereocenters. The number of hydrogen-bond donors (Lipinski definition) is 1. The van der Waals surface area contributed by atoms with E-state index in [0.717, 1.165) is 5.56 Å². The van der Waals surface area contributed by atoms with Crippen molar-refractivity contribution in [1.29, 1.82) is 0 Å². The summed E-state index contributed by atoms with van der Waals surface area (Å²) in [5, 5.41) is 2.97. The van der Waals surface area contributed by atoms with Crippen molar-refractivity contribution in [2.24, 2.45) is 0 Å². The smallest absolute Gasteiger partial charge is 0.244 e. The predicted octanol–water partition coefficient (Wildman–Crippen LogP) is 3.54. The van der Waals surface area contributed by atoms with Gasteiger partial charge in [-0.05, 0) is 35.9 Å². The summed E-state index contributed by atoms with van der Waals surface area (Å²) in [6, 6.07) is 9.80. The van der Waals surface area contributed by atoms with Crippen LogP contribution in [0.1, 0.15) is 11.1 Å². The molecule has 23 heavy (non-hydrogen) atoms. The largest absolute Gasteiger partial charge is 0.454 e. The van der Waals surface area contributed by atoms with Gasteiger partial charge in [0.2, 0.25) is 12.7 Å². The van der Waals surface area contributed by atoms with Gasteiger partial charge in [0, 0.05) is 18.2 Å². The van der Waals surface area contributed by atoms with E-state index in [2.05, 4.69) is 5.32 Å². The molecule has 0 radical (unpaired) electrons. The molecule has 0 saturated heterocycles. The lowest BCUT2D eigenvalue weighted by Crippen LogP contribution is -2.20. The second kappa shape index (κ2) is 6.71. The van der Waals surface area contributed by atoms with E-state index >= 15 is 0 Å². The Morgan fingerprint density at radius 3 is 2.91 bits per heavy atom. The van der Waals surface area contributed by atoms with Crippen LogP contribution in [0.5, 0.6) is 11.5 Å². The molecule has 1 heterocycles. The number of carbonyl (C=O) groups excluding carboxylic acids is 1. The maximum atomic E-state index is 13.6. The van der Waals surface area contributed by atoms with Gasteiger partial charge in [0.15, 0.2) is 11.5 Å². The normalized spacial score (nSPS) is 12.6. The molecule has 1 aliphatic rings. The molecule has 2 aromatic carbocycles. The van der Waals surface area contributed by atoms with E-state index in [0.29, 0.717) is 18.0 Å². The highest BCUT2D eigenvalue weighted by molar-refractivity contribution is 6.32. The van der Waals surface area contributed by atoms with Gasteiger partial charge < -0.3 is 14.8 Å². The summed E-state index contributed by atoms with van der Waals surface area (Å²) >= 11 is 5.89. The molecule has 0 atom stereocenters. The Balaban J connectivity index is 1.60. The van der Waals surface area contributed by atoms with Gasteiger partial charge in [-0.3, -0.25) is 4.79 Å². The number of halogens is 2. The predicted molar refractivity (Wildman–Crippen MR) is 84.9 cm³/mol. The van der Waals surface area contributed by atoms with E-state index in [1.807, 2.05) is 6.07 Å². The van der Waals surface area contributed by atoms with E-state index < -0.39 is 5.82 Å². The van der Waals surface area contributed by atoms with Crippen LogP contribution in [0, 0.1) is 5.82 Å². The van der Waals surface area contributed by atoms with E-state index in [9.17, 15) is 9.18 Å². The van der Waals surface area contributed by atoms with Gasteiger partial charge in [-0.25, -0.2) is 4.39 Å². The maximum absolute atomic E-state index is 13.6. The summed E-state index contributed by atoms with van der Waals surface area (Å²) in [6.45, 7) is 0.530. The van der Waals surface area contributed by atoms with Crippen LogP contribution in [-0.2, 0) is 11.3 Å². The van der Waals surface area contributed by atoms with Crippen LogP contribution >= 0.6 is 11.6 Å². The number of nitrogens with one attached hydrogen (secondary N) is 1. The zero-order chi connectivity index (χ0) is 16.2. The molecule has 0 saturated carbocycles. The van der Waals surface area contributed by atoms with E-state index in [4.69, 9.17) is 21.1 Å². The van der Waals surface area contributed by atoms with Crippen molar-refractivity contribution in [3.8, 4) is 11.5 Å². The number of carbonyl (C=O) groups is 1. The summed E-state index contributed by atoms with van der Waals surface area (Å²) in [5.41, 5.74) is 1.06. The van der Waals surface area contributed by atoms with E-state index in [-0.39, 0.29) is 23.3 Å². The monoisotopic (exact) mass is 333 g/mol. The number of hydrogen-bond acceptors (Lipinski definition) is 3. The molecule has 6 heteroatoms. The first-order valence-electron chi connectivity index (χ1n) is 6.92. The highest BCUT2D eigenvalue weighted by atomic mass is 35.5. The number of fused-ring (bicyclic) bond motifs is 1. The van der Waals surface area contributed by atoms with Gasteiger partial charge in [-0.1, -0.05) is 23.7 Å². The quantitative estimate of drug-likeness (QED) is 0.871. The average Bonchev–Trinajstić information content (AvgIpc) is 3.00. The number of amides is 1. The van der Waals surface area contributed by atoms with Gasteiger partial charge in [-0.2, -0.15) is 0 Å². The Morgan fingerprint density at radius 2 is 2.09 bits per heavy atom. The van der Waals surface area contributed by atoms with Gasteiger partial charge in [0.05, 0.1) is 5.02 Å². The first kappa shape index (κ1) is 15.4. The van der Waals surface area contributed by atoms with Crippen LogP contribution in [0.3, 0.4) is 0 Å². The Labute approximate surface area is 137 Å². The molecule has 118 valence electrons. The maximum Gasteiger partial charge on any atom is 0.244 e. The van der Waals surface area contributed by atoms with Crippen molar-refractivity contribution in [2.45, 2.75) is 6.54 Å². The number of rotatable bonds is 4. The third kappa shape index (κ3) is 3.63. The van der Waals surface area contributed by atoms with Crippen LogP contribution < -0.4 is 14.8 Å². The third-order valence-corrected chi connectivity index (χ3v) is 3.63. The third-order valence-electron chi connectivity index (χ3n) is 3.30. The Bertz CT molecular complexity index is 756. The lowest BCUT2D eigenvalue weighted by atomic mass is 10.2. The Morgan fingerprint density at radius 1 is 1.26 bits per heavy atom. The molecular weight excluding hydrogens is 321 g/mol. The summed E-state index contributed by atoms with van der Waals surface area (Å²) in [5.74, 6) is 0.527. The first-order chi connectivity index (χ1) is 11.1. The standard InChI is InChI=1S/C17H13ClFNO3/c18-13-2-1-3-14(19)12(13)5-7-17(21)20-9-11-4-6-15-16(8-11)23-10-22-15/h1-8H,9-10H2,(H,20,21).